The molecule has 7 nitrogen and oxygen atoms in total. The van der Waals surface area contributed by atoms with E-state index in [9.17, 15) is 0 Å². The number of nitrogens with zero attached hydrogens (tertiary/aromatic N) is 4. The largest absolute Gasteiger partial charge is 0.381 e. The Labute approximate surface area is 185 Å². The standard InChI is InChI=1S/C24H36N6O/c1-25-24(27-20-8-11-30(12-9-20)16-18-10-13-31-17-18)26-15-19-14-23(29(2)3)28-22-7-5-4-6-21(19)22/h4-7,14,18,20H,8-13,15-17H2,1-3H3,(H2,25,26,27). The summed E-state index contributed by atoms with van der Waals surface area (Å²) in [4.78, 5) is 13.9. The van der Waals surface area contributed by atoms with Crippen molar-refractivity contribution in [1.29, 1.82) is 0 Å². The quantitative estimate of drug-likeness (QED) is 0.549. The van der Waals surface area contributed by atoms with Crippen LogP contribution < -0.4 is 15.5 Å². The number of fused-ring (bicyclic) bond motifs is 1. The average Bonchev–Trinajstić information content (AvgIpc) is 3.30. The van der Waals surface area contributed by atoms with Crippen molar-refractivity contribution in [1.82, 2.24) is 20.5 Å². The highest BCUT2D eigenvalue weighted by Gasteiger charge is 2.24. The molecule has 0 saturated carbocycles. The molecule has 31 heavy (non-hydrogen) atoms. The lowest BCUT2D eigenvalue weighted by Gasteiger charge is -2.34. The number of rotatable bonds is 6. The number of hydrogen-bond donors (Lipinski definition) is 2. The van der Waals surface area contributed by atoms with Crippen molar-refractivity contribution in [2.24, 2.45) is 10.9 Å². The topological polar surface area (TPSA) is 65.0 Å². The van der Waals surface area contributed by atoms with Gasteiger partial charge in [-0.2, -0.15) is 0 Å². The molecule has 0 radical (unpaired) electrons. The molecule has 2 aliphatic rings. The molecule has 2 saturated heterocycles. The van der Waals surface area contributed by atoms with Gasteiger partial charge in [0.2, 0.25) is 0 Å². The van der Waals surface area contributed by atoms with Crippen LogP contribution in [-0.4, -0.2) is 75.9 Å². The Morgan fingerprint density at radius 2 is 2.03 bits per heavy atom. The van der Waals surface area contributed by atoms with Crippen molar-refractivity contribution >= 4 is 22.7 Å². The van der Waals surface area contributed by atoms with Crippen molar-refractivity contribution in [3.05, 3.63) is 35.9 Å². The lowest BCUT2D eigenvalue weighted by Crippen LogP contribution is -2.49. The first-order valence-corrected chi connectivity index (χ1v) is 11.5. The van der Waals surface area contributed by atoms with E-state index in [1.807, 2.05) is 27.2 Å². The predicted octanol–water partition coefficient (Wildman–Crippen LogP) is 2.47. The van der Waals surface area contributed by atoms with Gasteiger partial charge in [0, 0.05) is 65.4 Å². The van der Waals surface area contributed by atoms with E-state index in [0.29, 0.717) is 12.6 Å². The number of aromatic nitrogens is 1. The Bertz CT molecular complexity index is 885. The molecule has 0 aliphatic carbocycles. The van der Waals surface area contributed by atoms with E-state index in [-0.39, 0.29) is 0 Å². The third kappa shape index (κ3) is 5.66. The third-order valence-electron chi connectivity index (χ3n) is 6.39. The van der Waals surface area contributed by atoms with Gasteiger partial charge in [0.05, 0.1) is 12.1 Å². The van der Waals surface area contributed by atoms with E-state index in [1.54, 1.807) is 0 Å². The maximum atomic E-state index is 5.53. The lowest BCUT2D eigenvalue weighted by atomic mass is 10.0. The van der Waals surface area contributed by atoms with Gasteiger partial charge in [-0.15, -0.1) is 0 Å². The number of hydrogen-bond acceptors (Lipinski definition) is 5. The highest BCUT2D eigenvalue weighted by atomic mass is 16.5. The summed E-state index contributed by atoms with van der Waals surface area (Å²) in [6.45, 7) is 6.06. The number of guanidine groups is 1. The third-order valence-corrected chi connectivity index (χ3v) is 6.39. The fourth-order valence-corrected chi connectivity index (χ4v) is 4.53. The summed E-state index contributed by atoms with van der Waals surface area (Å²) in [5.74, 6) is 2.56. The van der Waals surface area contributed by atoms with E-state index in [4.69, 9.17) is 9.72 Å². The number of likely N-dealkylation sites (tertiary alicyclic amines) is 1. The Balaban J connectivity index is 1.32. The summed E-state index contributed by atoms with van der Waals surface area (Å²) in [6.07, 6.45) is 3.52. The summed E-state index contributed by atoms with van der Waals surface area (Å²) < 4.78 is 5.53. The molecule has 0 bridgehead atoms. The van der Waals surface area contributed by atoms with E-state index >= 15 is 0 Å². The molecule has 3 heterocycles. The number of piperidine rings is 1. The fourth-order valence-electron chi connectivity index (χ4n) is 4.53. The fraction of sp³-hybridized carbons (Fsp3) is 0.583. The van der Waals surface area contributed by atoms with Crippen LogP contribution in [-0.2, 0) is 11.3 Å². The molecule has 0 amide bonds. The van der Waals surface area contributed by atoms with E-state index in [0.717, 1.165) is 62.4 Å². The molecular formula is C24H36N6O. The molecule has 168 valence electrons. The minimum atomic E-state index is 0.466. The van der Waals surface area contributed by atoms with E-state index < -0.39 is 0 Å². The predicted molar refractivity (Wildman–Crippen MR) is 128 cm³/mol. The molecule has 4 rings (SSSR count). The number of aliphatic imine (C=N–C) groups is 1. The number of pyridine rings is 1. The number of ether oxygens (including phenoxy) is 1. The summed E-state index contributed by atoms with van der Waals surface area (Å²) in [6, 6.07) is 11.0. The van der Waals surface area contributed by atoms with Crippen LogP contribution in [0.5, 0.6) is 0 Å². The molecule has 0 spiro atoms. The smallest absolute Gasteiger partial charge is 0.191 e. The van der Waals surface area contributed by atoms with Gasteiger partial charge in [-0.1, -0.05) is 18.2 Å². The van der Waals surface area contributed by atoms with E-state index in [2.05, 4.69) is 49.7 Å². The second kappa shape index (κ2) is 10.3. The second-order valence-corrected chi connectivity index (χ2v) is 8.93. The zero-order valence-electron chi connectivity index (χ0n) is 19.1. The van der Waals surface area contributed by atoms with Crippen molar-refractivity contribution in [3.8, 4) is 0 Å². The Morgan fingerprint density at radius 1 is 1.23 bits per heavy atom. The Hall–Kier alpha value is -2.38. The van der Waals surface area contributed by atoms with Gasteiger partial charge in [0.1, 0.15) is 5.82 Å². The molecule has 2 aliphatic heterocycles. The molecule has 1 atom stereocenters. The minimum absolute atomic E-state index is 0.466. The average molecular weight is 425 g/mol. The number of para-hydroxylation sites is 1. The molecule has 7 heteroatoms. The molecule has 2 N–H and O–H groups in total. The number of nitrogens with one attached hydrogen (secondary N) is 2. The second-order valence-electron chi connectivity index (χ2n) is 8.93. The van der Waals surface area contributed by atoms with Crippen LogP contribution >= 0.6 is 0 Å². The van der Waals surface area contributed by atoms with Crippen LogP contribution in [0.25, 0.3) is 10.9 Å². The summed E-state index contributed by atoms with van der Waals surface area (Å²) in [5, 5.41) is 8.34. The van der Waals surface area contributed by atoms with Gasteiger partial charge < -0.3 is 25.2 Å². The molecule has 1 aromatic heterocycles. The zero-order chi connectivity index (χ0) is 21.6. The van der Waals surface area contributed by atoms with Gasteiger partial charge in [0.25, 0.3) is 0 Å². The normalized spacial score (nSPS) is 20.9. The van der Waals surface area contributed by atoms with Gasteiger partial charge in [0.15, 0.2) is 5.96 Å². The first kappa shape index (κ1) is 21.8. The lowest BCUT2D eigenvalue weighted by molar-refractivity contribution is 0.150. The SMILES string of the molecule is CN=C(NCc1cc(N(C)C)nc2ccccc12)NC1CCN(CC2CCOC2)CC1. The van der Waals surface area contributed by atoms with Crippen LogP contribution in [0, 0.1) is 5.92 Å². The molecule has 1 aromatic carbocycles. The summed E-state index contributed by atoms with van der Waals surface area (Å²) >= 11 is 0. The summed E-state index contributed by atoms with van der Waals surface area (Å²) in [5.41, 5.74) is 2.25. The van der Waals surface area contributed by atoms with Crippen LogP contribution in [0.15, 0.2) is 35.3 Å². The first-order valence-electron chi connectivity index (χ1n) is 11.5. The van der Waals surface area contributed by atoms with Crippen molar-refractivity contribution in [2.45, 2.75) is 31.8 Å². The van der Waals surface area contributed by atoms with Crippen LogP contribution in [0.1, 0.15) is 24.8 Å². The maximum absolute atomic E-state index is 5.53. The molecule has 1 unspecified atom stereocenters. The monoisotopic (exact) mass is 424 g/mol. The Morgan fingerprint density at radius 3 is 2.74 bits per heavy atom. The Kier molecular flexibility index (Phi) is 7.25. The zero-order valence-corrected chi connectivity index (χ0v) is 19.1. The van der Waals surface area contributed by atoms with Crippen LogP contribution in [0.3, 0.4) is 0 Å². The number of anilines is 1. The van der Waals surface area contributed by atoms with Gasteiger partial charge >= 0.3 is 0 Å². The van der Waals surface area contributed by atoms with Crippen molar-refractivity contribution < 1.29 is 4.74 Å². The minimum Gasteiger partial charge on any atom is -0.381 e. The highest BCUT2D eigenvalue weighted by Crippen LogP contribution is 2.22. The van der Waals surface area contributed by atoms with Gasteiger partial charge in [-0.05, 0) is 42.9 Å². The van der Waals surface area contributed by atoms with Crippen molar-refractivity contribution in [3.63, 3.8) is 0 Å². The number of benzene rings is 1. The summed E-state index contributed by atoms with van der Waals surface area (Å²) in [7, 11) is 5.91. The first-order chi connectivity index (χ1) is 15.1. The molecular weight excluding hydrogens is 388 g/mol. The van der Waals surface area contributed by atoms with Crippen LogP contribution in [0.2, 0.25) is 0 Å². The maximum Gasteiger partial charge on any atom is 0.191 e. The van der Waals surface area contributed by atoms with E-state index in [1.165, 1.54) is 23.9 Å². The molecule has 2 fully saturated rings. The highest BCUT2D eigenvalue weighted by molar-refractivity contribution is 5.85. The molecule has 2 aromatic rings. The van der Waals surface area contributed by atoms with Gasteiger partial charge in [-0.25, -0.2) is 4.98 Å². The van der Waals surface area contributed by atoms with Crippen molar-refractivity contribution in [2.75, 3.05) is 58.9 Å². The van der Waals surface area contributed by atoms with Crippen LogP contribution in [0.4, 0.5) is 5.82 Å². The van der Waals surface area contributed by atoms with Gasteiger partial charge in [-0.3, -0.25) is 4.99 Å².